The number of anilines is 3. The number of fused-ring (bicyclic) bond motifs is 1. The lowest BCUT2D eigenvalue weighted by molar-refractivity contribution is 0.0835. The van der Waals surface area contributed by atoms with E-state index < -0.39 is 0 Å². The molecule has 30 heavy (non-hydrogen) atoms. The number of aryl methyl sites for hydroxylation is 1. The van der Waals surface area contributed by atoms with E-state index in [1.807, 2.05) is 49.5 Å². The smallest absolute Gasteiger partial charge is 0.274 e. The van der Waals surface area contributed by atoms with Gasteiger partial charge in [-0.1, -0.05) is 12.1 Å². The quantitative estimate of drug-likeness (QED) is 0.520. The van der Waals surface area contributed by atoms with Gasteiger partial charge in [-0.25, -0.2) is 4.98 Å². The molecular weight excluding hydrogens is 384 g/mol. The summed E-state index contributed by atoms with van der Waals surface area (Å²) in [4.78, 5) is 21.4. The van der Waals surface area contributed by atoms with Gasteiger partial charge < -0.3 is 19.9 Å². The molecule has 1 fully saturated rings. The zero-order valence-electron chi connectivity index (χ0n) is 16.3. The Morgan fingerprint density at radius 2 is 2.20 bits per heavy atom. The van der Waals surface area contributed by atoms with E-state index in [4.69, 9.17) is 9.26 Å². The van der Waals surface area contributed by atoms with Crippen LogP contribution >= 0.6 is 0 Å². The third-order valence-electron chi connectivity index (χ3n) is 5.04. The molecule has 4 aromatic rings. The zero-order chi connectivity index (χ0) is 20.5. The minimum atomic E-state index is -0.242. The number of carbonyl (C=O) groups is 1. The predicted molar refractivity (Wildman–Crippen MR) is 110 cm³/mol. The van der Waals surface area contributed by atoms with Crippen LogP contribution in [0.1, 0.15) is 40.9 Å². The van der Waals surface area contributed by atoms with Gasteiger partial charge in [0.25, 0.3) is 17.7 Å². The molecule has 1 amide bonds. The summed E-state index contributed by atoms with van der Waals surface area (Å²) in [7, 11) is 0. The number of rotatable bonds is 5. The number of pyridine rings is 1. The maximum Gasteiger partial charge on any atom is 0.274 e. The summed E-state index contributed by atoms with van der Waals surface area (Å²) in [5.41, 5.74) is 3.51. The van der Waals surface area contributed by atoms with Crippen LogP contribution in [-0.4, -0.2) is 32.0 Å². The van der Waals surface area contributed by atoms with Crippen molar-refractivity contribution in [1.82, 2.24) is 19.5 Å². The van der Waals surface area contributed by atoms with Gasteiger partial charge in [0.15, 0.2) is 0 Å². The van der Waals surface area contributed by atoms with Crippen molar-refractivity contribution in [2.75, 3.05) is 17.2 Å². The molecule has 0 aliphatic carbocycles. The van der Waals surface area contributed by atoms with E-state index in [1.165, 1.54) is 0 Å². The molecule has 5 rings (SSSR count). The van der Waals surface area contributed by atoms with E-state index >= 15 is 0 Å². The first-order chi connectivity index (χ1) is 14.7. The maximum atomic E-state index is 12.8. The molecule has 152 valence electrons. The summed E-state index contributed by atoms with van der Waals surface area (Å²) in [5, 5.41) is 10.0. The third-order valence-corrected chi connectivity index (χ3v) is 5.04. The molecule has 3 aromatic heterocycles. The molecule has 9 heteroatoms. The number of nitrogens with zero attached hydrogens (tertiary/aromatic N) is 4. The van der Waals surface area contributed by atoms with Crippen LogP contribution in [0.2, 0.25) is 0 Å². The zero-order valence-corrected chi connectivity index (χ0v) is 16.3. The molecule has 9 nitrogen and oxygen atoms in total. The molecule has 0 unspecified atom stereocenters. The Hall–Kier alpha value is -3.72. The van der Waals surface area contributed by atoms with Crippen LogP contribution in [0.3, 0.4) is 0 Å². The lowest BCUT2D eigenvalue weighted by atomic mass is 10.1. The number of aromatic nitrogens is 4. The highest BCUT2D eigenvalue weighted by atomic mass is 16.5. The van der Waals surface area contributed by atoms with Crippen molar-refractivity contribution in [3.05, 3.63) is 65.9 Å². The lowest BCUT2D eigenvalue weighted by Gasteiger charge is -2.11. The Kier molecular flexibility index (Phi) is 4.64. The summed E-state index contributed by atoms with van der Waals surface area (Å²) in [6.07, 6.45) is 5.11. The molecule has 0 radical (unpaired) electrons. The summed E-state index contributed by atoms with van der Waals surface area (Å²) in [6.45, 7) is 2.64. The predicted octanol–water partition coefficient (Wildman–Crippen LogP) is 3.87. The molecule has 1 saturated heterocycles. The van der Waals surface area contributed by atoms with Crippen molar-refractivity contribution in [3.8, 4) is 0 Å². The molecule has 0 spiro atoms. The second-order valence-corrected chi connectivity index (χ2v) is 7.14. The van der Waals surface area contributed by atoms with E-state index in [1.54, 1.807) is 10.6 Å². The first kappa shape index (κ1) is 18.3. The van der Waals surface area contributed by atoms with Crippen molar-refractivity contribution in [2.45, 2.75) is 25.9 Å². The van der Waals surface area contributed by atoms with Crippen LogP contribution in [0.15, 0.2) is 53.3 Å². The van der Waals surface area contributed by atoms with E-state index in [0.29, 0.717) is 35.5 Å². The normalized spacial score (nSPS) is 16.1. The minimum Gasteiger partial charge on any atom is -0.368 e. The first-order valence-corrected chi connectivity index (χ1v) is 9.74. The summed E-state index contributed by atoms with van der Waals surface area (Å²) in [6, 6.07) is 11.2. The molecule has 1 atom stereocenters. The number of hydrogen-bond acceptors (Lipinski definition) is 7. The van der Waals surface area contributed by atoms with Gasteiger partial charge in [0.1, 0.15) is 17.4 Å². The van der Waals surface area contributed by atoms with E-state index in [-0.39, 0.29) is 12.0 Å². The molecule has 1 aliphatic heterocycles. The van der Waals surface area contributed by atoms with Crippen LogP contribution in [0.25, 0.3) is 5.65 Å². The van der Waals surface area contributed by atoms with Gasteiger partial charge in [0.2, 0.25) is 0 Å². The summed E-state index contributed by atoms with van der Waals surface area (Å²) >= 11 is 0. The highest BCUT2D eigenvalue weighted by Gasteiger charge is 2.24. The number of nitrogens with one attached hydrogen (secondary N) is 2. The van der Waals surface area contributed by atoms with Gasteiger partial charge in [-0.05, 0) is 54.8 Å². The van der Waals surface area contributed by atoms with Gasteiger partial charge >= 0.3 is 0 Å². The number of hydrogen-bond donors (Lipinski definition) is 2. The minimum absolute atomic E-state index is 0.133. The van der Waals surface area contributed by atoms with Crippen molar-refractivity contribution in [1.29, 1.82) is 0 Å². The van der Waals surface area contributed by atoms with E-state index in [2.05, 4.69) is 25.8 Å². The molecule has 0 bridgehead atoms. The second-order valence-electron chi connectivity index (χ2n) is 7.14. The van der Waals surface area contributed by atoms with Gasteiger partial charge in [-0.2, -0.15) is 4.98 Å². The van der Waals surface area contributed by atoms with Crippen LogP contribution in [-0.2, 0) is 4.74 Å². The fourth-order valence-electron chi connectivity index (χ4n) is 3.44. The number of ether oxygens (including phenoxy) is 1. The fraction of sp³-hybridized carbons (Fsp3) is 0.238. The molecule has 1 aliphatic rings. The maximum absolute atomic E-state index is 12.8. The highest BCUT2D eigenvalue weighted by Crippen LogP contribution is 2.29. The Balaban J connectivity index is 1.34. The number of benzene rings is 1. The lowest BCUT2D eigenvalue weighted by Crippen LogP contribution is -2.15. The molecule has 4 heterocycles. The largest absolute Gasteiger partial charge is 0.368 e. The summed E-state index contributed by atoms with van der Waals surface area (Å²) in [5.74, 6) is 0.584. The van der Waals surface area contributed by atoms with E-state index in [0.717, 1.165) is 24.1 Å². The van der Waals surface area contributed by atoms with Gasteiger partial charge in [-0.3, -0.25) is 9.20 Å². The molecule has 1 aromatic carbocycles. The second kappa shape index (κ2) is 7.60. The van der Waals surface area contributed by atoms with Crippen LogP contribution in [0.5, 0.6) is 0 Å². The Morgan fingerprint density at radius 1 is 1.27 bits per heavy atom. The van der Waals surface area contributed by atoms with E-state index in [9.17, 15) is 4.79 Å². The van der Waals surface area contributed by atoms with Crippen LogP contribution < -0.4 is 10.6 Å². The number of amides is 1. The average molecular weight is 404 g/mol. The van der Waals surface area contributed by atoms with Crippen LogP contribution in [0.4, 0.5) is 17.3 Å². The molecular formula is C21H20N6O3. The van der Waals surface area contributed by atoms with Crippen molar-refractivity contribution >= 4 is 28.9 Å². The Bertz CT molecular complexity index is 1210. The van der Waals surface area contributed by atoms with Gasteiger partial charge in [0, 0.05) is 24.2 Å². The van der Waals surface area contributed by atoms with Crippen LogP contribution in [0, 0.1) is 6.92 Å². The third kappa shape index (κ3) is 3.50. The van der Waals surface area contributed by atoms with Gasteiger partial charge in [-0.15, -0.1) is 0 Å². The Morgan fingerprint density at radius 3 is 3.07 bits per heavy atom. The fourth-order valence-corrected chi connectivity index (χ4v) is 3.44. The van der Waals surface area contributed by atoms with Gasteiger partial charge in [0.05, 0.1) is 6.20 Å². The number of imidazole rings is 1. The van der Waals surface area contributed by atoms with Crippen molar-refractivity contribution in [3.63, 3.8) is 0 Å². The van der Waals surface area contributed by atoms with Crippen molar-refractivity contribution in [2.24, 2.45) is 0 Å². The first-order valence-electron chi connectivity index (χ1n) is 9.74. The standard InChI is InChI=1S/C21H20N6O3/c1-13-7-8-14(23-21-25-20(30-26-21)17-5-4-10-29-17)11-15(13)24-19(28)16-12-22-18-6-2-3-9-27(16)18/h2-3,6-9,11-12,17H,4-5,10H2,1H3,(H,23,26)(H,24,28)/t17-/m1/s1. The SMILES string of the molecule is Cc1ccc(Nc2noc([C@H]3CCCO3)n2)cc1NC(=O)c1cnc2ccccn12. The monoisotopic (exact) mass is 404 g/mol. The molecule has 2 N–H and O–H groups in total. The topological polar surface area (TPSA) is 107 Å². The van der Waals surface area contributed by atoms with Crippen molar-refractivity contribution < 1.29 is 14.1 Å². The average Bonchev–Trinajstić information content (AvgIpc) is 3.50. The Labute approximate surface area is 172 Å². The highest BCUT2D eigenvalue weighted by molar-refractivity contribution is 6.04. The number of carbonyl (C=O) groups excluding carboxylic acids is 1. The summed E-state index contributed by atoms with van der Waals surface area (Å²) < 4.78 is 12.6. The molecule has 0 saturated carbocycles.